The lowest BCUT2D eigenvalue weighted by Gasteiger charge is -2.10. The number of ether oxygens (including phenoxy) is 3. The molecule has 0 aliphatic carbocycles. The molecule has 7 nitrogen and oxygen atoms in total. The summed E-state index contributed by atoms with van der Waals surface area (Å²) in [6, 6.07) is 10.8. The Morgan fingerprint density at radius 3 is 2.52 bits per heavy atom. The van der Waals surface area contributed by atoms with Gasteiger partial charge in [-0.2, -0.15) is 0 Å². The number of amides is 1. The largest absolute Gasteiger partial charge is 0.497 e. The molecule has 0 saturated heterocycles. The summed E-state index contributed by atoms with van der Waals surface area (Å²) < 4.78 is 17.3. The lowest BCUT2D eigenvalue weighted by Crippen LogP contribution is -2.25. The molecule has 7 heteroatoms. The van der Waals surface area contributed by atoms with Crippen molar-refractivity contribution in [1.29, 1.82) is 0 Å². The summed E-state index contributed by atoms with van der Waals surface area (Å²) in [6.07, 6.45) is 2.51. The van der Waals surface area contributed by atoms with E-state index in [4.69, 9.17) is 20.1 Å². The third-order valence-electron chi connectivity index (χ3n) is 4.45. The van der Waals surface area contributed by atoms with Crippen molar-refractivity contribution >= 4 is 16.8 Å². The number of carbonyl (C=O) groups excluding carboxylic acids is 1. The van der Waals surface area contributed by atoms with Crippen LogP contribution in [-0.4, -0.2) is 38.5 Å². The molecule has 3 N–H and O–H groups in total. The predicted molar refractivity (Wildman–Crippen MR) is 104 cm³/mol. The molecule has 0 radical (unpaired) electrons. The maximum atomic E-state index is 12.4. The van der Waals surface area contributed by atoms with Crippen LogP contribution in [0.4, 0.5) is 0 Å². The highest BCUT2D eigenvalue weighted by Gasteiger charge is 2.12. The normalized spacial score (nSPS) is 10.6. The first-order chi connectivity index (χ1) is 13.1. The van der Waals surface area contributed by atoms with Crippen molar-refractivity contribution in [1.82, 2.24) is 9.99 Å². The molecule has 27 heavy (non-hydrogen) atoms. The first-order valence-corrected chi connectivity index (χ1v) is 8.50. The van der Waals surface area contributed by atoms with Crippen molar-refractivity contribution in [2.75, 3.05) is 33.7 Å². The Morgan fingerprint density at radius 2 is 1.81 bits per heavy atom. The van der Waals surface area contributed by atoms with Crippen molar-refractivity contribution in [3.8, 4) is 17.2 Å². The first kappa shape index (κ1) is 18.4. The maximum Gasteiger partial charge on any atom is 0.251 e. The van der Waals surface area contributed by atoms with Gasteiger partial charge in [0.2, 0.25) is 0 Å². The lowest BCUT2D eigenvalue weighted by molar-refractivity contribution is 0.0953. The molecule has 0 saturated carbocycles. The van der Waals surface area contributed by atoms with Gasteiger partial charge in [-0.3, -0.25) is 9.47 Å². The van der Waals surface area contributed by atoms with Crippen LogP contribution in [0, 0.1) is 0 Å². The number of carbonyl (C=O) groups is 1. The number of aromatic nitrogens is 1. The molecule has 0 fully saturated rings. The van der Waals surface area contributed by atoms with Gasteiger partial charge in [-0.25, -0.2) is 0 Å². The summed E-state index contributed by atoms with van der Waals surface area (Å²) in [6.45, 7) is 0.476. The average molecular weight is 369 g/mol. The minimum absolute atomic E-state index is 0.176. The number of benzene rings is 2. The number of hydrogen-bond donors (Lipinski definition) is 2. The molecular weight excluding hydrogens is 346 g/mol. The van der Waals surface area contributed by atoms with E-state index in [2.05, 4.69) is 5.32 Å². The second kappa shape index (κ2) is 7.90. The van der Waals surface area contributed by atoms with E-state index in [0.29, 0.717) is 30.0 Å². The van der Waals surface area contributed by atoms with Gasteiger partial charge >= 0.3 is 0 Å². The highest BCUT2D eigenvalue weighted by molar-refractivity contribution is 5.95. The Kier molecular flexibility index (Phi) is 5.40. The molecule has 2 aromatic carbocycles. The molecule has 1 heterocycles. The summed E-state index contributed by atoms with van der Waals surface area (Å²) >= 11 is 0. The second-order valence-corrected chi connectivity index (χ2v) is 6.02. The minimum atomic E-state index is -0.176. The predicted octanol–water partition coefficient (Wildman–Crippen LogP) is 2.35. The van der Waals surface area contributed by atoms with Gasteiger partial charge in [0.25, 0.3) is 5.91 Å². The fourth-order valence-electron chi connectivity index (χ4n) is 3.02. The molecule has 3 aromatic rings. The average Bonchev–Trinajstić information content (AvgIpc) is 3.02. The van der Waals surface area contributed by atoms with E-state index < -0.39 is 0 Å². The van der Waals surface area contributed by atoms with E-state index in [9.17, 15) is 4.79 Å². The topological polar surface area (TPSA) is 87.7 Å². The maximum absolute atomic E-state index is 12.4. The van der Waals surface area contributed by atoms with E-state index in [1.165, 1.54) is 7.11 Å². The number of methoxy groups -OCH3 is 3. The number of fused-ring (bicyclic) bond motifs is 1. The molecule has 1 amide bonds. The molecule has 0 spiro atoms. The molecule has 0 atom stereocenters. The third kappa shape index (κ3) is 3.76. The molecule has 0 aliphatic rings. The zero-order chi connectivity index (χ0) is 19.4. The van der Waals surface area contributed by atoms with E-state index in [-0.39, 0.29) is 5.91 Å². The smallest absolute Gasteiger partial charge is 0.251 e. The van der Waals surface area contributed by atoms with Crippen LogP contribution >= 0.6 is 0 Å². The SMILES string of the molecule is COc1ccc2c(c1)c(CCNC(=O)c1ccc(OC)c(OC)c1)cn2N. The molecule has 0 aliphatic heterocycles. The van der Waals surface area contributed by atoms with E-state index in [1.54, 1.807) is 37.1 Å². The second-order valence-electron chi connectivity index (χ2n) is 6.02. The monoisotopic (exact) mass is 369 g/mol. The van der Waals surface area contributed by atoms with Gasteiger partial charge < -0.3 is 25.4 Å². The van der Waals surface area contributed by atoms with Gasteiger partial charge in [0.15, 0.2) is 11.5 Å². The van der Waals surface area contributed by atoms with Gasteiger partial charge in [-0.05, 0) is 48.4 Å². The summed E-state index contributed by atoms with van der Waals surface area (Å²) in [5.41, 5.74) is 2.46. The zero-order valence-electron chi connectivity index (χ0n) is 15.6. The fourth-order valence-corrected chi connectivity index (χ4v) is 3.02. The number of rotatable bonds is 7. The van der Waals surface area contributed by atoms with Crippen molar-refractivity contribution in [3.63, 3.8) is 0 Å². The first-order valence-electron chi connectivity index (χ1n) is 8.50. The molecule has 0 unspecified atom stereocenters. The van der Waals surface area contributed by atoms with Crippen LogP contribution in [0.5, 0.6) is 17.2 Å². The van der Waals surface area contributed by atoms with E-state index in [1.807, 2.05) is 24.4 Å². The molecule has 0 bridgehead atoms. The van der Waals surface area contributed by atoms with E-state index >= 15 is 0 Å². The molecule has 1 aromatic heterocycles. The molecule has 142 valence electrons. The Hall–Kier alpha value is -3.35. The van der Waals surface area contributed by atoms with Gasteiger partial charge in [0, 0.05) is 23.7 Å². The number of nitrogen functional groups attached to an aromatic ring is 1. The van der Waals surface area contributed by atoms with Crippen molar-refractivity contribution in [3.05, 3.63) is 53.7 Å². The van der Waals surface area contributed by atoms with Crippen molar-refractivity contribution in [2.45, 2.75) is 6.42 Å². The summed E-state index contributed by atoms with van der Waals surface area (Å²) in [4.78, 5) is 12.4. The Morgan fingerprint density at radius 1 is 1.04 bits per heavy atom. The van der Waals surface area contributed by atoms with Crippen LogP contribution in [-0.2, 0) is 6.42 Å². The Balaban J connectivity index is 1.69. The summed E-state index contributed by atoms with van der Waals surface area (Å²) in [7, 11) is 4.72. The summed E-state index contributed by atoms with van der Waals surface area (Å²) in [5.74, 6) is 7.70. The number of nitrogens with zero attached hydrogens (tertiary/aromatic N) is 1. The van der Waals surface area contributed by atoms with Gasteiger partial charge in [-0.1, -0.05) is 0 Å². The van der Waals surface area contributed by atoms with Crippen LogP contribution in [0.1, 0.15) is 15.9 Å². The van der Waals surface area contributed by atoms with Crippen LogP contribution in [0.25, 0.3) is 10.9 Å². The number of nitrogens with two attached hydrogens (primary N) is 1. The molecular formula is C20H23N3O4. The Bertz CT molecular complexity index is 965. The molecule has 3 rings (SSSR count). The number of nitrogens with one attached hydrogen (secondary N) is 1. The zero-order valence-corrected chi connectivity index (χ0v) is 15.6. The third-order valence-corrected chi connectivity index (χ3v) is 4.45. The van der Waals surface area contributed by atoms with Gasteiger partial charge in [0.1, 0.15) is 5.75 Å². The van der Waals surface area contributed by atoms with Crippen molar-refractivity contribution in [2.24, 2.45) is 0 Å². The summed E-state index contributed by atoms with van der Waals surface area (Å²) in [5, 5.41) is 3.93. The lowest BCUT2D eigenvalue weighted by atomic mass is 10.1. The number of hydrogen-bond acceptors (Lipinski definition) is 5. The fraction of sp³-hybridized carbons (Fsp3) is 0.250. The highest BCUT2D eigenvalue weighted by Crippen LogP contribution is 2.28. The standard InChI is InChI=1S/C20H23N3O4/c1-25-15-5-6-17-16(11-15)14(12-23(17)21)8-9-22-20(24)13-4-7-18(26-2)19(10-13)27-3/h4-7,10-12H,8-9,21H2,1-3H3,(H,22,24). The van der Waals surface area contributed by atoms with Crippen LogP contribution in [0.2, 0.25) is 0 Å². The van der Waals surface area contributed by atoms with Crippen LogP contribution in [0.15, 0.2) is 42.6 Å². The van der Waals surface area contributed by atoms with Crippen LogP contribution in [0.3, 0.4) is 0 Å². The van der Waals surface area contributed by atoms with Crippen LogP contribution < -0.4 is 25.4 Å². The van der Waals surface area contributed by atoms with Gasteiger partial charge in [-0.15, -0.1) is 0 Å². The highest BCUT2D eigenvalue weighted by atomic mass is 16.5. The minimum Gasteiger partial charge on any atom is -0.497 e. The quantitative estimate of drug-likeness (QED) is 0.624. The Labute approximate surface area is 157 Å². The van der Waals surface area contributed by atoms with E-state index in [0.717, 1.165) is 22.2 Å². The van der Waals surface area contributed by atoms with Gasteiger partial charge in [0.05, 0.1) is 26.8 Å². The van der Waals surface area contributed by atoms with Crippen molar-refractivity contribution < 1.29 is 19.0 Å².